The molecule has 0 unspecified atom stereocenters. The first-order valence-electron chi connectivity index (χ1n) is 10.3. The lowest BCUT2D eigenvalue weighted by molar-refractivity contribution is 0.214. The van der Waals surface area contributed by atoms with Gasteiger partial charge in [0.2, 0.25) is 0 Å². The average molecular weight is 398 g/mol. The number of piperazine rings is 1. The zero-order valence-electron chi connectivity index (χ0n) is 16.6. The van der Waals surface area contributed by atoms with Crippen molar-refractivity contribution in [2.24, 2.45) is 0 Å². The number of hydrogen-bond donors (Lipinski definition) is 1. The van der Waals surface area contributed by atoms with Crippen LogP contribution < -0.4 is 10.5 Å². The number of nitriles is 1. The highest BCUT2D eigenvalue weighted by Crippen LogP contribution is 2.30. The average Bonchev–Trinajstić information content (AvgIpc) is 3.30. The second-order valence-corrected chi connectivity index (χ2v) is 7.79. The van der Waals surface area contributed by atoms with Gasteiger partial charge in [0.15, 0.2) is 0 Å². The smallest absolute Gasteiger partial charge is 0.257 e. The number of pyridine rings is 3. The molecule has 0 bridgehead atoms. The number of rotatable bonds is 3. The molecule has 7 heteroatoms. The minimum Gasteiger partial charge on any atom is -0.354 e. The second-order valence-electron chi connectivity index (χ2n) is 7.79. The SMILES string of the molecule is N#Cc1ccc(N2CCN([C@H]3C=C(c4cc5ncccc5c(=O)[nH]4)CC3)CC2)nc1. The molecule has 150 valence electrons. The molecule has 0 aromatic carbocycles. The van der Waals surface area contributed by atoms with Gasteiger partial charge in [0.05, 0.1) is 16.5 Å². The lowest BCUT2D eigenvalue weighted by Crippen LogP contribution is -2.49. The zero-order chi connectivity index (χ0) is 20.5. The summed E-state index contributed by atoms with van der Waals surface area (Å²) < 4.78 is 0. The van der Waals surface area contributed by atoms with Gasteiger partial charge in [-0.2, -0.15) is 5.26 Å². The topological polar surface area (TPSA) is 88.9 Å². The molecule has 1 saturated heterocycles. The van der Waals surface area contributed by atoms with E-state index in [-0.39, 0.29) is 5.56 Å². The number of H-pyrrole nitrogens is 1. The lowest BCUT2D eigenvalue weighted by atomic mass is 10.1. The minimum atomic E-state index is -0.0801. The van der Waals surface area contributed by atoms with Gasteiger partial charge in [-0.05, 0) is 48.7 Å². The Balaban J connectivity index is 1.28. The van der Waals surface area contributed by atoms with Gasteiger partial charge in [-0.25, -0.2) is 4.98 Å². The third-order valence-corrected chi connectivity index (χ3v) is 6.05. The molecule has 0 saturated carbocycles. The predicted octanol–water partition coefficient (Wildman–Crippen LogP) is 2.56. The van der Waals surface area contributed by atoms with Gasteiger partial charge in [-0.15, -0.1) is 0 Å². The van der Waals surface area contributed by atoms with Gasteiger partial charge in [0, 0.05) is 50.3 Å². The van der Waals surface area contributed by atoms with Crippen LogP contribution in [0.3, 0.4) is 0 Å². The normalized spacial score (nSPS) is 19.6. The molecule has 3 aromatic heterocycles. The van der Waals surface area contributed by atoms with Crippen molar-refractivity contribution in [2.75, 3.05) is 31.1 Å². The molecule has 1 fully saturated rings. The molecule has 7 nitrogen and oxygen atoms in total. The van der Waals surface area contributed by atoms with Crippen LogP contribution in [-0.2, 0) is 0 Å². The number of aromatic amines is 1. The molecular formula is C23H22N6O. The fourth-order valence-corrected chi connectivity index (χ4v) is 4.40. The van der Waals surface area contributed by atoms with Crippen molar-refractivity contribution in [1.29, 1.82) is 5.26 Å². The fraction of sp³-hybridized carbons (Fsp3) is 0.304. The molecule has 0 spiro atoms. The molecule has 3 aromatic rings. The molecule has 1 N–H and O–H groups in total. The predicted molar refractivity (Wildman–Crippen MR) is 116 cm³/mol. The Morgan fingerprint density at radius 2 is 2.00 bits per heavy atom. The molecule has 2 aliphatic rings. The van der Waals surface area contributed by atoms with Crippen LogP contribution in [0.15, 0.2) is 53.6 Å². The van der Waals surface area contributed by atoms with Crippen molar-refractivity contribution >= 4 is 22.3 Å². The van der Waals surface area contributed by atoms with Gasteiger partial charge in [-0.3, -0.25) is 14.7 Å². The van der Waals surface area contributed by atoms with E-state index in [1.54, 1.807) is 24.5 Å². The fourth-order valence-electron chi connectivity index (χ4n) is 4.40. The Bertz CT molecular complexity index is 1200. The zero-order valence-corrected chi connectivity index (χ0v) is 16.6. The second kappa shape index (κ2) is 7.73. The summed E-state index contributed by atoms with van der Waals surface area (Å²) in [6.07, 6.45) is 7.67. The van der Waals surface area contributed by atoms with Crippen molar-refractivity contribution < 1.29 is 0 Å². The number of anilines is 1. The van der Waals surface area contributed by atoms with E-state index in [9.17, 15) is 4.79 Å². The quantitative estimate of drug-likeness (QED) is 0.729. The largest absolute Gasteiger partial charge is 0.354 e. The monoisotopic (exact) mass is 398 g/mol. The number of nitrogens with zero attached hydrogens (tertiary/aromatic N) is 5. The Kier molecular flexibility index (Phi) is 4.77. The number of hydrogen-bond acceptors (Lipinski definition) is 6. The highest BCUT2D eigenvalue weighted by atomic mass is 16.1. The van der Waals surface area contributed by atoms with E-state index in [4.69, 9.17) is 5.26 Å². The van der Waals surface area contributed by atoms with Crippen LogP contribution in [0.5, 0.6) is 0 Å². The molecular weight excluding hydrogens is 376 g/mol. The summed E-state index contributed by atoms with van der Waals surface area (Å²) in [6.45, 7) is 3.75. The van der Waals surface area contributed by atoms with Crippen molar-refractivity contribution in [3.8, 4) is 6.07 Å². The van der Waals surface area contributed by atoms with Crippen LogP contribution in [-0.4, -0.2) is 52.1 Å². The maximum Gasteiger partial charge on any atom is 0.257 e. The van der Waals surface area contributed by atoms with E-state index < -0.39 is 0 Å². The van der Waals surface area contributed by atoms with Gasteiger partial charge >= 0.3 is 0 Å². The van der Waals surface area contributed by atoms with E-state index >= 15 is 0 Å². The molecule has 30 heavy (non-hydrogen) atoms. The van der Waals surface area contributed by atoms with Crippen LogP contribution in [0.1, 0.15) is 24.1 Å². The van der Waals surface area contributed by atoms with Crippen molar-refractivity contribution in [3.63, 3.8) is 0 Å². The van der Waals surface area contributed by atoms with Gasteiger partial charge in [0.25, 0.3) is 5.56 Å². The highest BCUT2D eigenvalue weighted by Gasteiger charge is 2.27. The summed E-state index contributed by atoms with van der Waals surface area (Å²) in [5, 5.41) is 9.56. The van der Waals surface area contributed by atoms with Crippen LogP contribution in [0.2, 0.25) is 0 Å². The first-order valence-corrected chi connectivity index (χ1v) is 10.3. The molecule has 1 atom stereocenters. The first-order chi connectivity index (χ1) is 14.7. The first kappa shape index (κ1) is 18.5. The van der Waals surface area contributed by atoms with E-state index in [0.29, 0.717) is 17.0 Å². The maximum atomic E-state index is 12.4. The molecule has 0 radical (unpaired) electrons. The Morgan fingerprint density at radius 1 is 1.13 bits per heavy atom. The molecule has 1 aliphatic carbocycles. The standard InChI is InChI=1S/C23H22N6O/c24-14-16-3-6-22(26-15-16)29-10-8-28(9-11-29)18-5-4-17(12-18)20-13-21-19(23(30)27-20)2-1-7-25-21/h1-3,6-7,12-13,15,18H,4-5,8-11H2,(H,27,30)/t18-/m1/s1. The Labute approximate surface area is 174 Å². The van der Waals surface area contributed by atoms with Crippen LogP contribution in [0.25, 0.3) is 16.5 Å². The van der Waals surface area contributed by atoms with E-state index in [2.05, 4.69) is 36.9 Å². The highest BCUT2D eigenvalue weighted by molar-refractivity contribution is 5.81. The van der Waals surface area contributed by atoms with E-state index in [0.717, 1.165) is 56.0 Å². The van der Waals surface area contributed by atoms with Crippen LogP contribution in [0.4, 0.5) is 5.82 Å². The molecule has 5 rings (SSSR count). The summed E-state index contributed by atoms with van der Waals surface area (Å²) >= 11 is 0. The van der Waals surface area contributed by atoms with Crippen LogP contribution >= 0.6 is 0 Å². The summed E-state index contributed by atoms with van der Waals surface area (Å²) in [4.78, 5) is 29.0. The summed E-state index contributed by atoms with van der Waals surface area (Å²) in [5.41, 5.74) is 3.32. The van der Waals surface area contributed by atoms with Crippen LogP contribution in [0, 0.1) is 11.3 Å². The third-order valence-electron chi connectivity index (χ3n) is 6.05. The van der Waals surface area contributed by atoms with Gasteiger partial charge in [-0.1, -0.05) is 6.08 Å². The van der Waals surface area contributed by atoms with Crippen molar-refractivity contribution in [2.45, 2.75) is 18.9 Å². The molecule has 4 heterocycles. The van der Waals surface area contributed by atoms with Gasteiger partial charge < -0.3 is 9.88 Å². The Hall–Kier alpha value is -3.50. The number of fused-ring (bicyclic) bond motifs is 1. The number of aromatic nitrogens is 3. The van der Waals surface area contributed by atoms with Crippen molar-refractivity contribution in [1.82, 2.24) is 19.9 Å². The van der Waals surface area contributed by atoms with Crippen molar-refractivity contribution in [3.05, 3.63) is 70.4 Å². The summed E-state index contributed by atoms with van der Waals surface area (Å²) in [7, 11) is 0. The number of nitrogens with one attached hydrogen (secondary N) is 1. The number of allylic oxidation sites excluding steroid dienone is 1. The minimum absolute atomic E-state index is 0.0801. The summed E-state index contributed by atoms with van der Waals surface area (Å²) in [6, 6.07) is 11.8. The third kappa shape index (κ3) is 3.46. The maximum absolute atomic E-state index is 12.4. The lowest BCUT2D eigenvalue weighted by Gasteiger charge is -2.38. The Morgan fingerprint density at radius 3 is 2.77 bits per heavy atom. The molecule has 1 aliphatic heterocycles. The molecule has 0 amide bonds. The van der Waals surface area contributed by atoms with Gasteiger partial charge in [0.1, 0.15) is 11.9 Å². The van der Waals surface area contributed by atoms with E-state index in [1.165, 1.54) is 5.57 Å². The summed E-state index contributed by atoms with van der Waals surface area (Å²) in [5.74, 6) is 0.928. The van der Waals surface area contributed by atoms with E-state index in [1.807, 2.05) is 18.2 Å².